The fourth-order valence-corrected chi connectivity index (χ4v) is 3.49. The Morgan fingerprint density at radius 1 is 1.24 bits per heavy atom. The van der Waals surface area contributed by atoms with E-state index in [9.17, 15) is 9.59 Å². The SMILES string of the molecule is CC(=N)N.CC1CCCN(N)C1=O.CC1CCCn2nc(N)nc21.CCCCC(C)C(=O)OC. The third-order valence-corrected chi connectivity index (χ3v) is 5.50. The molecule has 3 heterocycles. The van der Waals surface area contributed by atoms with Crippen molar-refractivity contribution in [2.24, 2.45) is 23.4 Å². The Bertz CT molecular complexity index is 737. The van der Waals surface area contributed by atoms with Gasteiger partial charge in [-0.05, 0) is 39.0 Å². The van der Waals surface area contributed by atoms with Crippen LogP contribution in [0.2, 0.25) is 0 Å². The molecule has 1 aromatic rings. The summed E-state index contributed by atoms with van der Waals surface area (Å²) in [6.45, 7) is 11.3. The Morgan fingerprint density at radius 2 is 1.79 bits per heavy atom. The van der Waals surface area contributed by atoms with Gasteiger partial charge < -0.3 is 16.2 Å². The molecule has 1 fully saturated rings. The molecule has 3 unspecified atom stereocenters. The summed E-state index contributed by atoms with van der Waals surface area (Å²) in [5.74, 6) is 7.71. The summed E-state index contributed by atoms with van der Waals surface area (Å²) in [5.41, 5.74) is 10.2. The van der Waals surface area contributed by atoms with Crippen LogP contribution in [0.1, 0.15) is 91.3 Å². The van der Waals surface area contributed by atoms with E-state index in [-0.39, 0.29) is 29.5 Å². The van der Waals surface area contributed by atoms with Crippen LogP contribution >= 0.6 is 0 Å². The molecule has 0 bridgehead atoms. The number of nitrogens with zero attached hydrogens (tertiary/aromatic N) is 4. The second-order valence-electron chi connectivity index (χ2n) is 8.92. The van der Waals surface area contributed by atoms with Crippen molar-refractivity contribution < 1.29 is 14.3 Å². The van der Waals surface area contributed by atoms with E-state index in [2.05, 4.69) is 28.7 Å². The molecule has 1 aromatic heterocycles. The predicted molar refractivity (Wildman–Crippen MR) is 135 cm³/mol. The van der Waals surface area contributed by atoms with Crippen LogP contribution in [0.15, 0.2) is 0 Å². The summed E-state index contributed by atoms with van der Waals surface area (Å²) in [6, 6.07) is 0. The lowest BCUT2D eigenvalue weighted by Crippen LogP contribution is -2.44. The summed E-state index contributed by atoms with van der Waals surface area (Å²) < 4.78 is 6.49. The second-order valence-corrected chi connectivity index (χ2v) is 8.92. The topological polar surface area (TPSA) is 179 Å². The number of fused-ring (bicyclic) bond motifs is 1. The number of hydrogen-bond acceptors (Lipinski definition) is 8. The Hall–Kier alpha value is -2.69. The van der Waals surface area contributed by atoms with Gasteiger partial charge in [-0.3, -0.25) is 20.0 Å². The molecule has 1 amide bonds. The number of nitrogen functional groups attached to an aromatic ring is 1. The number of anilines is 1. The zero-order valence-electron chi connectivity index (χ0n) is 21.8. The van der Waals surface area contributed by atoms with Crippen molar-refractivity contribution in [3.63, 3.8) is 0 Å². The van der Waals surface area contributed by atoms with Crippen LogP contribution in [0.5, 0.6) is 0 Å². The number of carbonyl (C=O) groups is 2. The maximum Gasteiger partial charge on any atom is 0.308 e. The van der Waals surface area contributed by atoms with Crippen LogP contribution in [0.4, 0.5) is 5.95 Å². The number of hydrogen-bond donors (Lipinski definition) is 4. The summed E-state index contributed by atoms with van der Waals surface area (Å²) in [6.07, 6.45) is 7.63. The second kappa shape index (κ2) is 16.9. The van der Waals surface area contributed by atoms with Gasteiger partial charge in [0.25, 0.3) is 0 Å². The Balaban J connectivity index is 0.000000448. The number of piperidine rings is 1. The summed E-state index contributed by atoms with van der Waals surface area (Å²) in [7, 11) is 1.44. The highest BCUT2D eigenvalue weighted by atomic mass is 16.5. The van der Waals surface area contributed by atoms with Crippen molar-refractivity contribution in [1.29, 1.82) is 5.41 Å². The molecule has 7 N–H and O–H groups in total. The van der Waals surface area contributed by atoms with E-state index >= 15 is 0 Å². The molecule has 0 radical (unpaired) electrons. The molecule has 11 nitrogen and oxygen atoms in total. The smallest absolute Gasteiger partial charge is 0.308 e. The van der Waals surface area contributed by atoms with E-state index < -0.39 is 0 Å². The minimum atomic E-state index is -0.0894. The summed E-state index contributed by atoms with van der Waals surface area (Å²) in [4.78, 5) is 25.9. The lowest BCUT2D eigenvalue weighted by Gasteiger charge is -2.25. The van der Waals surface area contributed by atoms with Crippen molar-refractivity contribution in [2.75, 3.05) is 19.4 Å². The van der Waals surface area contributed by atoms with Crippen LogP contribution in [0, 0.1) is 17.2 Å². The highest BCUT2D eigenvalue weighted by Gasteiger charge is 2.22. The Morgan fingerprint density at radius 3 is 2.26 bits per heavy atom. The number of aromatic nitrogens is 3. The lowest BCUT2D eigenvalue weighted by atomic mass is 10.0. The highest BCUT2D eigenvalue weighted by molar-refractivity contribution is 5.78. The minimum Gasteiger partial charge on any atom is -0.469 e. The number of amidine groups is 1. The molecule has 0 aromatic carbocycles. The molecule has 196 valence electrons. The molecule has 2 aliphatic rings. The number of hydrazine groups is 1. The zero-order chi connectivity index (χ0) is 26.3. The van der Waals surface area contributed by atoms with E-state index in [1.165, 1.54) is 31.9 Å². The predicted octanol–water partition coefficient (Wildman–Crippen LogP) is 2.80. The van der Waals surface area contributed by atoms with Crippen LogP contribution in [0.3, 0.4) is 0 Å². The van der Waals surface area contributed by atoms with E-state index in [4.69, 9.17) is 22.7 Å². The number of methoxy groups -OCH3 is 1. The number of nitrogens with two attached hydrogens (primary N) is 3. The summed E-state index contributed by atoms with van der Waals surface area (Å²) >= 11 is 0. The maximum absolute atomic E-state index is 10.9. The molecule has 0 aliphatic carbocycles. The number of ether oxygens (including phenoxy) is 1. The van der Waals surface area contributed by atoms with E-state index in [1.807, 2.05) is 18.5 Å². The Kier molecular flexibility index (Phi) is 15.5. The normalized spacial score (nSPS) is 19.6. The number of amides is 1. The standard InChI is InChI=1S/C8H16O2.C7H12N4.C6H12N2O.C2H6N2/c1-4-5-6-7(2)8(9)10-3;1-5-3-2-4-11-6(5)9-7(8)10-11;1-5-3-2-4-8(7)6(5)9;1-2(3)4/h7H,4-6H2,1-3H3;5H,2-4H2,1H3,(H2,8,10);5H,2-4,7H2,1H3;1H3,(H3,3,4). The van der Waals surface area contributed by atoms with Gasteiger partial charge in [0, 0.05) is 24.9 Å². The van der Waals surface area contributed by atoms with Gasteiger partial charge in [0.1, 0.15) is 5.82 Å². The van der Waals surface area contributed by atoms with Crippen molar-refractivity contribution in [1.82, 2.24) is 19.8 Å². The summed E-state index contributed by atoms with van der Waals surface area (Å²) in [5, 5.41) is 11.7. The minimum absolute atomic E-state index is 0.0740. The fourth-order valence-electron chi connectivity index (χ4n) is 3.49. The molecule has 11 heteroatoms. The number of esters is 1. The number of aryl methyl sites for hydroxylation is 1. The average molecular weight is 483 g/mol. The number of rotatable bonds is 4. The lowest BCUT2D eigenvalue weighted by molar-refractivity contribution is -0.145. The van der Waals surface area contributed by atoms with Crippen molar-refractivity contribution in [3.8, 4) is 0 Å². The fraction of sp³-hybridized carbons (Fsp3) is 0.783. The number of nitrogens with one attached hydrogen (secondary N) is 1. The molecule has 2 aliphatic heterocycles. The molecule has 34 heavy (non-hydrogen) atoms. The highest BCUT2D eigenvalue weighted by Crippen LogP contribution is 2.24. The van der Waals surface area contributed by atoms with Crippen molar-refractivity contribution in [2.45, 2.75) is 92.0 Å². The first-order valence-electron chi connectivity index (χ1n) is 12.1. The van der Waals surface area contributed by atoms with Crippen LogP contribution in [0.25, 0.3) is 0 Å². The maximum atomic E-state index is 10.9. The zero-order valence-corrected chi connectivity index (χ0v) is 21.8. The van der Waals surface area contributed by atoms with Gasteiger partial charge in [-0.15, -0.1) is 5.10 Å². The van der Waals surface area contributed by atoms with Gasteiger partial charge in [-0.25, -0.2) is 10.5 Å². The quantitative estimate of drug-likeness (QED) is 0.166. The van der Waals surface area contributed by atoms with Crippen LogP contribution in [-0.2, 0) is 20.9 Å². The van der Waals surface area contributed by atoms with E-state index in [0.717, 1.165) is 51.0 Å². The third kappa shape index (κ3) is 12.5. The Labute approximate surface area is 204 Å². The third-order valence-electron chi connectivity index (χ3n) is 5.50. The van der Waals surface area contributed by atoms with Gasteiger partial charge in [-0.2, -0.15) is 4.98 Å². The molecule has 0 spiro atoms. The van der Waals surface area contributed by atoms with Crippen molar-refractivity contribution >= 4 is 23.7 Å². The van der Waals surface area contributed by atoms with Gasteiger partial charge in [-0.1, -0.05) is 40.5 Å². The molecule has 0 saturated carbocycles. The monoisotopic (exact) mass is 482 g/mol. The van der Waals surface area contributed by atoms with Gasteiger partial charge in [0.2, 0.25) is 11.9 Å². The van der Waals surface area contributed by atoms with Crippen LogP contribution < -0.4 is 17.3 Å². The first-order valence-corrected chi connectivity index (χ1v) is 12.1. The molecule has 3 rings (SSSR count). The van der Waals surface area contributed by atoms with Crippen molar-refractivity contribution in [3.05, 3.63) is 5.82 Å². The number of unbranched alkanes of at least 4 members (excludes halogenated alkanes) is 1. The molecular weight excluding hydrogens is 436 g/mol. The first kappa shape index (κ1) is 31.3. The van der Waals surface area contributed by atoms with E-state index in [1.54, 1.807) is 0 Å². The molecule has 3 atom stereocenters. The van der Waals surface area contributed by atoms with Crippen LogP contribution in [-0.4, -0.2) is 51.1 Å². The van der Waals surface area contributed by atoms with Gasteiger partial charge >= 0.3 is 5.97 Å². The largest absolute Gasteiger partial charge is 0.469 e. The molecular formula is C23H46N8O3. The first-order chi connectivity index (χ1) is 15.9. The molecule has 1 saturated heterocycles. The van der Waals surface area contributed by atoms with Gasteiger partial charge in [0.05, 0.1) is 18.9 Å². The van der Waals surface area contributed by atoms with Gasteiger partial charge in [0.15, 0.2) is 0 Å². The number of carbonyl (C=O) groups excluding carboxylic acids is 2. The van der Waals surface area contributed by atoms with E-state index in [0.29, 0.717) is 11.9 Å². The average Bonchev–Trinajstić information content (AvgIpc) is 3.17.